The van der Waals surface area contributed by atoms with Gasteiger partial charge < -0.3 is 10.0 Å². The van der Waals surface area contributed by atoms with E-state index < -0.39 is 21.2 Å². The summed E-state index contributed by atoms with van der Waals surface area (Å²) in [7, 11) is 0.309. The molecule has 0 radical (unpaired) electrons. The van der Waals surface area contributed by atoms with Gasteiger partial charge in [0.15, 0.2) is 9.84 Å². The first-order chi connectivity index (χ1) is 10.9. The molecule has 3 rings (SSSR count). The van der Waals surface area contributed by atoms with Crippen LogP contribution in [-0.2, 0) is 9.84 Å². The van der Waals surface area contributed by atoms with Gasteiger partial charge in [-0.1, -0.05) is 42.5 Å². The summed E-state index contributed by atoms with van der Waals surface area (Å²) >= 11 is 0. The molecule has 4 nitrogen and oxygen atoms in total. The Labute approximate surface area is 137 Å². The van der Waals surface area contributed by atoms with Crippen molar-refractivity contribution in [2.45, 2.75) is 22.7 Å². The first-order valence-electron chi connectivity index (χ1n) is 7.67. The van der Waals surface area contributed by atoms with Gasteiger partial charge in [-0.25, -0.2) is 8.42 Å². The minimum Gasteiger partial charge on any atom is -0.384 e. The Bertz CT molecular complexity index is 815. The Morgan fingerprint density at radius 1 is 0.957 bits per heavy atom. The minimum atomic E-state index is -3.55. The molecule has 1 N–H and O–H groups in total. The number of sulfone groups is 1. The van der Waals surface area contributed by atoms with Crippen molar-refractivity contribution >= 4 is 9.84 Å². The number of rotatable bonds is 3. The maximum atomic E-state index is 13.2. The van der Waals surface area contributed by atoms with Crippen LogP contribution in [0.2, 0.25) is 0 Å². The van der Waals surface area contributed by atoms with E-state index in [1.54, 1.807) is 24.3 Å². The first kappa shape index (κ1) is 16.2. The second kappa shape index (κ2) is 6.07. The van der Waals surface area contributed by atoms with Crippen molar-refractivity contribution in [1.29, 1.82) is 0 Å². The van der Waals surface area contributed by atoms with Gasteiger partial charge >= 0.3 is 0 Å². The predicted octanol–water partition coefficient (Wildman–Crippen LogP) is 2.55. The number of benzene rings is 2. The van der Waals surface area contributed by atoms with Crippen molar-refractivity contribution in [3.8, 4) is 0 Å². The van der Waals surface area contributed by atoms with Crippen LogP contribution >= 0.6 is 0 Å². The van der Waals surface area contributed by atoms with Crippen LogP contribution in [0.3, 0.4) is 0 Å². The molecule has 0 amide bonds. The summed E-state index contributed by atoms with van der Waals surface area (Å²) in [6, 6.07) is 14.1. The lowest BCUT2D eigenvalue weighted by Gasteiger charge is -2.20. The molecule has 2 atom stereocenters. The van der Waals surface area contributed by atoms with E-state index >= 15 is 0 Å². The molecular weight excluding hydrogens is 310 g/mol. The predicted molar refractivity (Wildman–Crippen MR) is 90.0 cm³/mol. The average molecular weight is 331 g/mol. The summed E-state index contributed by atoms with van der Waals surface area (Å²) in [5, 5.41) is 10.1. The van der Waals surface area contributed by atoms with E-state index in [2.05, 4.69) is 0 Å². The first-order valence-corrected chi connectivity index (χ1v) is 9.22. The van der Waals surface area contributed by atoms with Crippen LogP contribution in [-0.4, -0.2) is 39.1 Å². The summed E-state index contributed by atoms with van der Waals surface area (Å²) in [4.78, 5) is 2.22. The minimum absolute atomic E-state index is 0.243. The third kappa shape index (κ3) is 2.80. The molecule has 0 bridgehead atoms. The zero-order valence-electron chi connectivity index (χ0n) is 13.3. The highest BCUT2D eigenvalue weighted by Gasteiger charge is 2.37. The molecule has 1 heterocycles. The fourth-order valence-corrected chi connectivity index (χ4v) is 5.24. The number of hydrogen-bond donors (Lipinski definition) is 1. The quantitative estimate of drug-likeness (QED) is 0.939. The van der Waals surface area contributed by atoms with Crippen molar-refractivity contribution in [3.63, 3.8) is 0 Å². The highest BCUT2D eigenvalue weighted by atomic mass is 32.2. The molecule has 1 aliphatic heterocycles. The van der Waals surface area contributed by atoms with Gasteiger partial charge in [0.1, 0.15) is 6.10 Å². The van der Waals surface area contributed by atoms with Crippen molar-refractivity contribution in [3.05, 3.63) is 65.2 Å². The molecule has 5 heteroatoms. The van der Waals surface area contributed by atoms with E-state index in [1.807, 2.05) is 43.3 Å². The van der Waals surface area contributed by atoms with Gasteiger partial charge in [0.2, 0.25) is 0 Å². The SMILES string of the molecule is CN(C)CC[C@H]1c2ccccc2[C@H](O)c2ccccc2S1(=O)=O. The Balaban J connectivity index is 2.24. The van der Waals surface area contributed by atoms with Gasteiger partial charge in [0, 0.05) is 5.56 Å². The largest absolute Gasteiger partial charge is 0.384 e. The smallest absolute Gasteiger partial charge is 0.185 e. The van der Waals surface area contributed by atoms with Gasteiger partial charge in [-0.2, -0.15) is 0 Å². The lowest BCUT2D eigenvalue weighted by atomic mass is 9.94. The molecule has 0 aliphatic carbocycles. The summed E-state index contributed by atoms with van der Waals surface area (Å²) in [5.74, 6) is 0. The molecule has 0 saturated heterocycles. The molecule has 0 unspecified atom stereocenters. The Hall–Kier alpha value is -1.69. The Kier molecular flexibility index (Phi) is 4.27. The molecule has 23 heavy (non-hydrogen) atoms. The third-order valence-corrected chi connectivity index (χ3v) is 6.59. The summed E-state index contributed by atoms with van der Waals surface area (Å²) in [6.07, 6.45) is -0.422. The van der Waals surface area contributed by atoms with Gasteiger partial charge in [-0.15, -0.1) is 0 Å². The van der Waals surface area contributed by atoms with E-state index in [-0.39, 0.29) is 4.90 Å². The van der Waals surface area contributed by atoms with E-state index in [1.165, 1.54) is 0 Å². The van der Waals surface area contributed by atoms with Crippen LogP contribution in [0.5, 0.6) is 0 Å². The zero-order valence-corrected chi connectivity index (χ0v) is 14.1. The van der Waals surface area contributed by atoms with Crippen LogP contribution in [0.15, 0.2) is 53.4 Å². The van der Waals surface area contributed by atoms with Gasteiger partial charge in [0.05, 0.1) is 10.1 Å². The van der Waals surface area contributed by atoms with Gasteiger partial charge in [-0.3, -0.25) is 0 Å². The fraction of sp³-hybridized carbons (Fsp3) is 0.333. The molecule has 2 aromatic rings. The van der Waals surface area contributed by atoms with Crippen molar-refractivity contribution in [2.75, 3.05) is 20.6 Å². The molecule has 0 aromatic heterocycles. The number of nitrogens with zero attached hydrogens (tertiary/aromatic N) is 1. The molecule has 0 fully saturated rings. The lowest BCUT2D eigenvalue weighted by molar-refractivity contribution is 0.216. The maximum absolute atomic E-state index is 13.2. The molecule has 1 aliphatic rings. The van der Waals surface area contributed by atoms with Gasteiger partial charge in [-0.05, 0) is 44.3 Å². The summed E-state index contributed by atoms with van der Waals surface area (Å²) < 4.78 is 26.4. The highest BCUT2D eigenvalue weighted by molar-refractivity contribution is 7.91. The zero-order chi connectivity index (χ0) is 16.6. The topological polar surface area (TPSA) is 57.6 Å². The van der Waals surface area contributed by atoms with Gasteiger partial charge in [0.25, 0.3) is 0 Å². The van der Waals surface area contributed by atoms with Crippen molar-refractivity contribution < 1.29 is 13.5 Å². The monoisotopic (exact) mass is 331 g/mol. The molecular formula is C18H21NO3S. The van der Waals surface area contributed by atoms with Crippen molar-refractivity contribution in [2.24, 2.45) is 0 Å². The second-order valence-corrected chi connectivity index (χ2v) is 8.29. The lowest BCUT2D eigenvalue weighted by Crippen LogP contribution is -2.21. The summed E-state index contributed by atoms with van der Waals surface area (Å²) in [5.41, 5.74) is 1.86. The van der Waals surface area contributed by atoms with Crippen LogP contribution in [0.4, 0.5) is 0 Å². The Morgan fingerprint density at radius 2 is 1.52 bits per heavy atom. The normalized spacial score (nSPS) is 22.3. The number of fused-ring (bicyclic) bond motifs is 2. The Morgan fingerprint density at radius 3 is 2.17 bits per heavy atom. The molecule has 2 aromatic carbocycles. The number of hydrogen-bond acceptors (Lipinski definition) is 4. The number of aliphatic hydroxyl groups excluding tert-OH is 1. The van der Waals surface area contributed by atoms with E-state index in [9.17, 15) is 13.5 Å². The summed E-state index contributed by atoms with van der Waals surface area (Å²) in [6.45, 7) is 0.663. The third-order valence-electron chi connectivity index (χ3n) is 4.37. The van der Waals surface area contributed by atoms with E-state index in [0.717, 1.165) is 0 Å². The van der Waals surface area contributed by atoms with E-state index in [4.69, 9.17) is 0 Å². The highest BCUT2D eigenvalue weighted by Crippen LogP contribution is 2.43. The second-order valence-electron chi connectivity index (χ2n) is 6.19. The number of aliphatic hydroxyl groups is 1. The van der Waals surface area contributed by atoms with E-state index in [0.29, 0.717) is 29.7 Å². The molecule has 0 spiro atoms. The average Bonchev–Trinajstić information content (AvgIpc) is 2.60. The van der Waals surface area contributed by atoms with Crippen LogP contribution in [0.25, 0.3) is 0 Å². The van der Waals surface area contributed by atoms with Crippen molar-refractivity contribution in [1.82, 2.24) is 4.90 Å². The maximum Gasteiger partial charge on any atom is 0.185 e. The molecule has 0 saturated carbocycles. The van der Waals surface area contributed by atoms with Crippen LogP contribution in [0.1, 0.15) is 34.5 Å². The fourth-order valence-electron chi connectivity index (χ4n) is 3.19. The standard InChI is InChI=1S/C18H21NO3S/c1-19(2)12-11-17-13-7-3-4-8-14(13)18(20)15-9-5-6-10-16(15)23(17,21)22/h3-10,17-18,20H,11-12H2,1-2H3/t17-,18-/m0/s1. The van der Waals surface area contributed by atoms with Crippen LogP contribution in [0, 0.1) is 0 Å². The molecule has 122 valence electrons. The van der Waals surface area contributed by atoms with Crippen LogP contribution < -0.4 is 0 Å².